The molecule has 1 aromatic carbocycles. The fourth-order valence-corrected chi connectivity index (χ4v) is 4.79. The van der Waals surface area contributed by atoms with E-state index in [1.54, 1.807) is 19.0 Å². The lowest BCUT2D eigenvalue weighted by Gasteiger charge is -2.18. The van der Waals surface area contributed by atoms with Gasteiger partial charge in [-0.15, -0.1) is 11.3 Å². The Morgan fingerprint density at radius 3 is 2.60 bits per heavy atom. The molecule has 3 atom stereocenters. The van der Waals surface area contributed by atoms with Crippen LogP contribution >= 0.6 is 11.3 Å². The predicted molar refractivity (Wildman–Crippen MR) is 114 cm³/mol. The summed E-state index contributed by atoms with van der Waals surface area (Å²) in [5.41, 5.74) is 1.80. The van der Waals surface area contributed by atoms with Crippen LogP contribution in [0.2, 0.25) is 0 Å². The fourth-order valence-electron chi connectivity index (χ4n) is 3.97. The van der Waals surface area contributed by atoms with Crippen LogP contribution in [0.15, 0.2) is 46.3 Å². The Kier molecular flexibility index (Phi) is 5.67. The molecule has 1 N–H and O–H groups in total. The SMILES string of the molecule is Cc1ccsc1C(=O)N[C@H]1C[C@H](C(=O)N(C)C)C[C@H]1c1nc(-c2ccccc2)no1. The van der Waals surface area contributed by atoms with Gasteiger partial charge in [0.1, 0.15) is 0 Å². The molecular weight excluding hydrogens is 400 g/mol. The number of carbonyl (C=O) groups excluding carboxylic acids is 2. The minimum absolute atomic E-state index is 0.0480. The van der Waals surface area contributed by atoms with E-state index in [0.717, 1.165) is 11.1 Å². The number of hydrogen-bond acceptors (Lipinski definition) is 6. The number of amides is 2. The molecule has 0 unspecified atom stereocenters. The van der Waals surface area contributed by atoms with Crippen LogP contribution in [0.4, 0.5) is 0 Å². The lowest BCUT2D eigenvalue weighted by molar-refractivity contribution is -0.132. The van der Waals surface area contributed by atoms with Crippen LogP contribution in [-0.4, -0.2) is 47.0 Å². The predicted octanol–water partition coefficient (Wildman–Crippen LogP) is 3.49. The normalized spacial score (nSPS) is 20.8. The van der Waals surface area contributed by atoms with E-state index in [1.807, 2.05) is 48.7 Å². The van der Waals surface area contributed by atoms with Gasteiger partial charge in [-0.2, -0.15) is 4.98 Å². The van der Waals surface area contributed by atoms with Crippen LogP contribution in [0.1, 0.15) is 39.9 Å². The zero-order valence-corrected chi connectivity index (χ0v) is 18.0. The number of carbonyl (C=O) groups is 2. The van der Waals surface area contributed by atoms with Crippen LogP contribution in [0, 0.1) is 12.8 Å². The van der Waals surface area contributed by atoms with Gasteiger partial charge < -0.3 is 14.7 Å². The van der Waals surface area contributed by atoms with Gasteiger partial charge in [-0.05, 0) is 36.8 Å². The molecule has 0 radical (unpaired) electrons. The Morgan fingerprint density at radius 1 is 1.17 bits per heavy atom. The van der Waals surface area contributed by atoms with Gasteiger partial charge in [0, 0.05) is 31.6 Å². The molecule has 8 heteroatoms. The Hall–Kier alpha value is -3.00. The number of aromatic nitrogens is 2. The lowest BCUT2D eigenvalue weighted by atomic mass is 10.0. The highest BCUT2D eigenvalue weighted by Crippen LogP contribution is 2.39. The van der Waals surface area contributed by atoms with Gasteiger partial charge in [-0.25, -0.2) is 0 Å². The van der Waals surface area contributed by atoms with Crippen molar-refractivity contribution in [1.29, 1.82) is 0 Å². The van der Waals surface area contributed by atoms with Crippen LogP contribution in [0.3, 0.4) is 0 Å². The molecule has 2 aromatic heterocycles. The van der Waals surface area contributed by atoms with Crippen molar-refractivity contribution in [3.63, 3.8) is 0 Å². The molecule has 1 fully saturated rings. The Balaban J connectivity index is 1.59. The third-order valence-electron chi connectivity index (χ3n) is 5.53. The summed E-state index contributed by atoms with van der Waals surface area (Å²) >= 11 is 1.41. The van der Waals surface area contributed by atoms with E-state index in [9.17, 15) is 9.59 Å². The molecule has 0 saturated heterocycles. The summed E-state index contributed by atoms with van der Waals surface area (Å²) in [4.78, 5) is 32.3. The highest BCUT2D eigenvalue weighted by molar-refractivity contribution is 7.12. The second-order valence-electron chi connectivity index (χ2n) is 7.84. The van der Waals surface area contributed by atoms with Gasteiger partial charge in [0.25, 0.3) is 5.91 Å². The first kappa shape index (κ1) is 20.3. The van der Waals surface area contributed by atoms with Gasteiger partial charge in [0.05, 0.1) is 10.8 Å². The lowest BCUT2D eigenvalue weighted by Crippen LogP contribution is -2.37. The molecule has 7 nitrogen and oxygen atoms in total. The van der Waals surface area contributed by atoms with E-state index in [4.69, 9.17) is 4.52 Å². The van der Waals surface area contributed by atoms with Crippen molar-refractivity contribution in [3.05, 3.63) is 58.1 Å². The Labute approximate surface area is 179 Å². The minimum atomic E-state index is -0.253. The highest BCUT2D eigenvalue weighted by atomic mass is 32.1. The maximum atomic E-state index is 12.8. The van der Waals surface area contributed by atoms with E-state index >= 15 is 0 Å². The fraction of sp³-hybridized carbons (Fsp3) is 0.364. The molecular formula is C22H24N4O3S. The molecule has 1 saturated carbocycles. The molecule has 0 spiro atoms. The van der Waals surface area contributed by atoms with Gasteiger partial charge in [0.15, 0.2) is 0 Å². The number of rotatable bonds is 5. The summed E-state index contributed by atoms with van der Waals surface area (Å²) in [6, 6.07) is 11.3. The molecule has 3 aromatic rings. The third kappa shape index (κ3) is 4.00. The van der Waals surface area contributed by atoms with Crippen molar-refractivity contribution in [3.8, 4) is 11.4 Å². The number of nitrogens with one attached hydrogen (secondary N) is 1. The van der Waals surface area contributed by atoms with E-state index in [-0.39, 0.29) is 29.7 Å². The summed E-state index contributed by atoms with van der Waals surface area (Å²) < 4.78 is 5.58. The average Bonchev–Trinajstić information content (AvgIpc) is 3.47. The number of thiophene rings is 1. The smallest absolute Gasteiger partial charge is 0.261 e. The van der Waals surface area contributed by atoms with Gasteiger partial charge in [0.2, 0.25) is 17.6 Å². The number of aryl methyl sites for hydroxylation is 1. The largest absolute Gasteiger partial charge is 0.349 e. The van der Waals surface area contributed by atoms with E-state index in [0.29, 0.717) is 29.4 Å². The van der Waals surface area contributed by atoms with Crippen LogP contribution < -0.4 is 5.32 Å². The van der Waals surface area contributed by atoms with E-state index < -0.39 is 0 Å². The van der Waals surface area contributed by atoms with Crippen LogP contribution in [0.5, 0.6) is 0 Å². The molecule has 2 amide bonds. The number of hydrogen-bond donors (Lipinski definition) is 1. The highest BCUT2D eigenvalue weighted by Gasteiger charge is 2.43. The van der Waals surface area contributed by atoms with Gasteiger partial charge in [-0.1, -0.05) is 35.5 Å². The second-order valence-corrected chi connectivity index (χ2v) is 8.76. The van der Waals surface area contributed by atoms with Crippen molar-refractivity contribution in [2.45, 2.75) is 31.7 Å². The van der Waals surface area contributed by atoms with Gasteiger partial charge in [-0.3, -0.25) is 9.59 Å². The zero-order chi connectivity index (χ0) is 21.3. The Morgan fingerprint density at radius 2 is 1.93 bits per heavy atom. The molecule has 2 heterocycles. The molecule has 1 aliphatic rings. The first-order valence-electron chi connectivity index (χ1n) is 9.89. The van der Waals surface area contributed by atoms with Crippen molar-refractivity contribution >= 4 is 23.2 Å². The average molecular weight is 425 g/mol. The zero-order valence-electron chi connectivity index (χ0n) is 17.2. The van der Waals surface area contributed by atoms with E-state index in [2.05, 4.69) is 15.5 Å². The molecule has 30 heavy (non-hydrogen) atoms. The van der Waals surface area contributed by atoms with Crippen molar-refractivity contribution in [1.82, 2.24) is 20.4 Å². The molecule has 0 aliphatic heterocycles. The summed E-state index contributed by atoms with van der Waals surface area (Å²) in [5, 5.41) is 9.14. The first-order valence-corrected chi connectivity index (χ1v) is 10.8. The van der Waals surface area contributed by atoms with E-state index in [1.165, 1.54) is 11.3 Å². The number of nitrogens with zero attached hydrogens (tertiary/aromatic N) is 3. The summed E-state index contributed by atoms with van der Waals surface area (Å²) in [6.45, 7) is 1.92. The van der Waals surface area contributed by atoms with Crippen molar-refractivity contribution in [2.75, 3.05) is 14.1 Å². The molecule has 1 aliphatic carbocycles. The molecule has 4 rings (SSSR count). The quantitative estimate of drug-likeness (QED) is 0.677. The summed E-state index contributed by atoms with van der Waals surface area (Å²) in [6.07, 6.45) is 1.10. The van der Waals surface area contributed by atoms with Gasteiger partial charge >= 0.3 is 0 Å². The standard InChI is InChI=1S/C22H24N4O3S/c1-13-9-10-30-18(13)20(27)23-17-12-15(22(28)26(2)3)11-16(17)21-24-19(25-29-21)14-7-5-4-6-8-14/h4-10,15-17H,11-12H2,1-3H3,(H,23,27)/t15-,16-,17+/m1/s1. The molecule has 0 bridgehead atoms. The van der Waals surface area contributed by atoms with Crippen LogP contribution in [0.25, 0.3) is 11.4 Å². The monoisotopic (exact) mass is 424 g/mol. The van der Waals surface area contributed by atoms with Crippen molar-refractivity contribution < 1.29 is 14.1 Å². The summed E-state index contributed by atoms with van der Waals surface area (Å²) in [5.74, 6) is 0.466. The topological polar surface area (TPSA) is 88.3 Å². The van der Waals surface area contributed by atoms with Crippen LogP contribution in [-0.2, 0) is 4.79 Å². The third-order valence-corrected chi connectivity index (χ3v) is 6.54. The first-order chi connectivity index (χ1) is 14.4. The number of benzene rings is 1. The summed E-state index contributed by atoms with van der Waals surface area (Å²) in [7, 11) is 3.50. The minimum Gasteiger partial charge on any atom is -0.349 e. The van der Waals surface area contributed by atoms with Crippen molar-refractivity contribution in [2.24, 2.45) is 5.92 Å². The molecule has 156 valence electrons. The second kappa shape index (κ2) is 8.39. The maximum absolute atomic E-state index is 12.8. The Bertz CT molecular complexity index is 1040. The maximum Gasteiger partial charge on any atom is 0.261 e.